The van der Waals surface area contributed by atoms with Crippen LogP contribution in [-0.4, -0.2) is 56.9 Å². The van der Waals surface area contributed by atoms with Gasteiger partial charge in [0.05, 0.1) is 16.8 Å². The zero-order chi connectivity index (χ0) is 23.8. The van der Waals surface area contributed by atoms with Crippen LogP contribution in [0.15, 0.2) is 36.8 Å². The Morgan fingerprint density at radius 2 is 1.91 bits per heavy atom. The van der Waals surface area contributed by atoms with Crippen molar-refractivity contribution >= 4 is 5.82 Å². The van der Waals surface area contributed by atoms with E-state index in [-0.39, 0.29) is 25.5 Å². The lowest BCUT2D eigenvalue weighted by atomic mass is 10.1. The highest BCUT2D eigenvalue weighted by Gasteiger charge is 2.47. The minimum atomic E-state index is -4.62. The first kappa shape index (κ1) is 22.7. The van der Waals surface area contributed by atoms with Gasteiger partial charge in [-0.15, -0.1) is 0 Å². The number of aromatic amines is 2. The minimum Gasteiger partial charge on any atom is -0.359 e. The molecule has 3 aromatic heterocycles. The van der Waals surface area contributed by atoms with E-state index in [1.807, 2.05) is 6.07 Å². The van der Waals surface area contributed by atoms with Crippen LogP contribution in [0, 0.1) is 11.3 Å². The highest BCUT2D eigenvalue weighted by atomic mass is 19.4. The first-order valence-electron chi connectivity index (χ1n) is 9.77. The van der Waals surface area contributed by atoms with Crippen molar-refractivity contribution in [3.8, 4) is 17.5 Å². The highest BCUT2D eigenvalue weighted by Crippen LogP contribution is 2.34. The molecule has 0 amide bonds. The molecule has 3 aromatic rings. The molecule has 0 spiro atoms. The molecule has 0 aliphatic carbocycles. The molecule has 0 aromatic carbocycles. The maximum absolute atomic E-state index is 13.9. The molecule has 13 heteroatoms. The zero-order valence-corrected chi connectivity index (χ0v) is 16.9. The number of nitriles is 1. The van der Waals surface area contributed by atoms with Crippen molar-refractivity contribution in [2.45, 2.75) is 24.9 Å². The third-order valence-electron chi connectivity index (χ3n) is 5.39. The summed E-state index contributed by atoms with van der Waals surface area (Å²) in [7, 11) is 0. The fraction of sp³-hybridized carbons (Fsp3) is 0.350. The molecule has 2 N–H and O–H groups in total. The van der Waals surface area contributed by atoms with Gasteiger partial charge >= 0.3 is 12.4 Å². The second kappa shape index (κ2) is 8.43. The number of alkyl halides is 6. The third kappa shape index (κ3) is 4.80. The first-order valence-corrected chi connectivity index (χ1v) is 9.77. The van der Waals surface area contributed by atoms with Crippen LogP contribution in [0.25, 0.3) is 11.4 Å². The summed E-state index contributed by atoms with van der Waals surface area (Å²) >= 11 is 0. The Balaban J connectivity index is 1.52. The lowest BCUT2D eigenvalue weighted by Crippen LogP contribution is -2.59. The van der Waals surface area contributed by atoms with E-state index in [2.05, 4.69) is 20.2 Å². The Bertz CT molecular complexity index is 1140. The summed E-state index contributed by atoms with van der Waals surface area (Å²) in [5.74, 6) is -0.163. The molecule has 7 nitrogen and oxygen atoms in total. The summed E-state index contributed by atoms with van der Waals surface area (Å²) in [4.78, 5) is 9.13. The molecular formula is C20H17F6N7. The molecule has 1 atom stereocenters. The number of aromatic nitrogens is 4. The predicted molar refractivity (Wildman–Crippen MR) is 105 cm³/mol. The van der Waals surface area contributed by atoms with Gasteiger partial charge in [0, 0.05) is 50.3 Å². The SMILES string of the molecule is N#Cc1c[nH]c(-c2n[nH]cc2CN2CCN(c3ccc(C(F)(F)F)cn3)C(C(F)(F)F)C2)c1. The van der Waals surface area contributed by atoms with Crippen molar-refractivity contribution in [1.29, 1.82) is 5.26 Å². The van der Waals surface area contributed by atoms with Crippen molar-refractivity contribution < 1.29 is 26.3 Å². The molecule has 1 aliphatic rings. The van der Waals surface area contributed by atoms with Gasteiger partial charge in [0.1, 0.15) is 23.6 Å². The van der Waals surface area contributed by atoms with Crippen LogP contribution in [0.2, 0.25) is 0 Å². The van der Waals surface area contributed by atoms with Crippen molar-refractivity contribution in [2.75, 3.05) is 24.5 Å². The number of H-pyrrole nitrogens is 2. The monoisotopic (exact) mass is 469 g/mol. The van der Waals surface area contributed by atoms with Gasteiger partial charge in [-0.05, 0) is 18.2 Å². The number of piperazine rings is 1. The molecule has 0 bridgehead atoms. The number of nitrogens with one attached hydrogen (secondary N) is 2. The molecule has 4 heterocycles. The summed E-state index contributed by atoms with van der Waals surface area (Å²) in [6, 6.07) is 3.32. The molecule has 4 rings (SSSR count). The van der Waals surface area contributed by atoms with Gasteiger partial charge in [-0.2, -0.15) is 36.7 Å². The molecule has 0 radical (unpaired) electrons. The van der Waals surface area contributed by atoms with Gasteiger partial charge in [0.15, 0.2) is 0 Å². The fourth-order valence-electron chi connectivity index (χ4n) is 3.77. The Morgan fingerprint density at radius 1 is 1.12 bits per heavy atom. The number of hydrogen-bond acceptors (Lipinski definition) is 5. The van der Waals surface area contributed by atoms with E-state index in [1.54, 1.807) is 17.2 Å². The highest BCUT2D eigenvalue weighted by molar-refractivity contribution is 5.60. The number of anilines is 1. The van der Waals surface area contributed by atoms with Crippen LogP contribution in [0.5, 0.6) is 0 Å². The Morgan fingerprint density at radius 3 is 2.52 bits per heavy atom. The Labute approximate surface area is 183 Å². The normalized spacial score (nSPS) is 17.8. The maximum atomic E-state index is 13.9. The smallest absolute Gasteiger partial charge is 0.359 e. The molecule has 174 valence electrons. The van der Waals surface area contributed by atoms with Crippen LogP contribution < -0.4 is 4.90 Å². The average molecular weight is 469 g/mol. The second-order valence-corrected chi connectivity index (χ2v) is 7.56. The molecular weight excluding hydrogens is 452 g/mol. The van der Waals surface area contributed by atoms with E-state index in [0.717, 1.165) is 17.0 Å². The van der Waals surface area contributed by atoms with Crippen LogP contribution >= 0.6 is 0 Å². The van der Waals surface area contributed by atoms with E-state index >= 15 is 0 Å². The van der Waals surface area contributed by atoms with Crippen LogP contribution in [0.1, 0.15) is 16.7 Å². The number of nitrogens with zero attached hydrogens (tertiary/aromatic N) is 5. The Kier molecular flexibility index (Phi) is 5.79. The Hall–Kier alpha value is -3.53. The minimum absolute atomic E-state index is 0.0726. The number of rotatable bonds is 4. The van der Waals surface area contributed by atoms with Gasteiger partial charge in [0.25, 0.3) is 0 Å². The summed E-state index contributed by atoms with van der Waals surface area (Å²) in [6.45, 7) is -0.0799. The van der Waals surface area contributed by atoms with Crippen LogP contribution in [-0.2, 0) is 12.7 Å². The number of halogens is 6. The lowest BCUT2D eigenvalue weighted by molar-refractivity contribution is -0.157. The third-order valence-corrected chi connectivity index (χ3v) is 5.39. The molecule has 1 saturated heterocycles. The fourth-order valence-corrected chi connectivity index (χ4v) is 3.77. The summed E-state index contributed by atoms with van der Waals surface area (Å²) < 4.78 is 79.9. The summed E-state index contributed by atoms with van der Waals surface area (Å²) in [5, 5.41) is 15.8. The predicted octanol–water partition coefficient (Wildman–Crippen LogP) is 3.94. The maximum Gasteiger partial charge on any atom is 0.417 e. The van der Waals surface area contributed by atoms with Crippen molar-refractivity contribution in [2.24, 2.45) is 0 Å². The van der Waals surface area contributed by atoms with Gasteiger partial charge in [-0.25, -0.2) is 4.98 Å². The number of pyridine rings is 1. The second-order valence-electron chi connectivity index (χ2n) is 7.56. The van der Waals surface area contributed by atoms with E-state index in [1.165, 1.54) is 6.20 Å². The standard InChI is InChI=1S/C20H17F6N7/c21-19(22,23)14-1-2-17(29-9-14)33-4-3-32(11-16(33)20(24,25)26)10-13-8-30-31-18(13)15-5-12(6-27)7-28-15/h1-2,5,7-9,16,28H,3-4,10-11H2,(H,30,31). The number of hydrogen-bond donors (Lipinski definition) is 2. The van der Waals surface area contributed by atoms with E-state index in [0.29, 0.717) is 28.7 Å². The quantitative estimate of drug-likeness (QED) is 0.566. The van der Waals surface area contributed by atoms with E-state index < -0.39 is 30.5 Å². The molecule has 1 unspecified atom stereocenters. The molecule has 1 fully saturated rings. The van der Waals surface area contributed by atoms with Crippen LogP contribution in [0.4, 0.5) is 32.2 Å². The van der Waals surface area contributed by atoms with Crippen LogP contribution in [0.3, 0.4) is 0 Å². The van der Waals surface area contributed by atoms with E-state index in [9.17, 15) is 26.3 Å². The summed E-state index contributed by atoms with van der Waals surface area (Å²) in [6.07, 6.45) is -5.62. The summed E-state index contributed by atoms with van der Waals surface area (Å²) in [5.41, 5.74) is 1.07. The van der Waals surface area contributed by atoms with Gasteiger partial charge < -0.3 is 9.88 Å². The van der Waals surface area contributed by atoms with Gasteiger partial charge in [-0.3, -0.25) is 10.00 Å². The molecule has 33 heavy (non-hydrogen) atoms. The van der Waals surface area contributed by atoms with Gasteiger partial charge in [-0.1, -0.05) is 0 Å². The zero-order valence-electron chi connectivity index (χ0n) is 16.9. The van der Waals surface area contributed by atoms with Gasteiger partial charge in [0.2, 0.25) is 0 Å². The largest absolute Gasteiger partial charge is 0.417 e. The van der Waals surface area contributed by atoms with E-state index in [4.69, 9.17) is 5.26 Å². The lowest BCUT2D eigenvalue weighted by Gasteiger charge is -2.42. The first-order chi connectivity index (χ1) is 15.6. The van der Waals surface area contributed by atoms with Crippen molar-refractivity contribution in [3.63, 3.8) is 0 Å². The molecule has 0 saturated carbocycles. The van der Waals surface area contributed by atoms with Crippen molar-refractivity contribution in [3.05, 3.63) is 53.5 Å². The topological polar surface area (TPSA) is 87.6 Å². The molecule has 1 aliphatic heterocycles. The average Bonchev–Trinajstić information content (AvgIpc) is 3.41. The van der Waals surface area contributed by atoms with Crippen molar-refractivity contribution in [1.82, 2.24) is 25.1 Å².